The number of ether oxygens (including phenoxy) is 1. The van der Waals surface area contributed by atoms with E-state index in [0.717, 1.165) is 29.0 Å². The maximum atomic E-state index is 12.4. The maximum Gasteiger partial charge on any atom is 0.348 e. The van der Waals surface area contributed by atoms with Crippen LogP contribution in [0, 0.1) is 6.92 Å². The molecule has 0 unspecified atom stereocenters. The average molecular weight is 377 g/mol. The SMILES string of the molecule is Cc1ccccc1NC(=O)COC(=O)c1cc2c(s1)-c1ccccc1CC2. The van der Waals surface area contributed by atoms with Crippen LogP contribution in [0.2, 0.25) is 0 Å². The van der Waals surface area contributed by atoms with Gasteiger partial charge in [0, 0.05) is 10.6 Å². The number of hydrogen-bond acceptors (Lipinski definition) is 4. The zero-order valence-corrected chi connectivity index (χ0v) is 15.8. The Morgan fingerprint density at radius 3 is 2.63 bits per heavy atom. The van der Waals surface area contributed by atoms with Crippen molar-refractivity contribution < 1.29 is 14.3 Å². The molecule has 2 aromatic carbocycles. The summed E-state index contributed by atoms with van der Waals surface area (Å²) in [5.74, 6) is -0.795. The van der Waals surface area contributed by atoms with Crippen LogP contribution in [0.25, 0.3) is 10.4 Å². The van der Waals surface area contributed by atoms with Gasteiger partial charge in [-0.3, -0.25) is 4.79 Å². The predicted molar refractivity (Wildman–Crippen MR) is 107 cm³/mol. The van der Waals surface area contributed by atoms with Crippen molar-refractivity contribution in [1.29, 1.82) is 0 Å². The average Bonchev–Trinajstić information content (AvgIpc) is 3.13. The minimum absolute atomic E-state index is 0.299. The highest BCUT2D eigenvalue weighted by Crippen LogP contribution is 2.39. The third-order valence-electron chi connectivity index (χ3n) is 4.69. The number of hydrogen-bond donors (Lipinski definition) is 1. The van der Waals surface area contributed by atoms with Gasteiger partial charge in [-0.25, -0.2) is 4.79 Å². The Bertz CT molecular complexity index is 1020. The highest BCUT2D eigenvalue weighted by Gasteiger charge is 2.22. The van der Waals surface area contributed by atoms with Crippen LogP contribution in [-0.2, 0) is 22.4 Å². The lowest BCUT2D eigenvalue weighted by Crippen LogP contribution is -2.21. The molecule has 3 aromatic rings. The molecule has 136 valence electrons. The van der Waals surface area contributed by atoms with Gasteiger partial charge in [-0.15, -0.1) is 11.3 Å². The smallest absolute Gasteiger partial charge is 0.348 e. The molecule has 0 fully saturated rings. The minimum atomic E-state index is -0.452. The lowest BCUT2D eigenvalue weighted by atomic mass is 9.91. The maximum absolute atomic E-state index is 12.4. The van der Waals surface area contributed by atoms with Gasteiger partial charge in [0.15, 0.2) is 6.61 Å². The topological polar surface area (TPSA) is 55.4 Å². The fourth-order valence-corrected chi connectivity index (χ4v) is 4.44. The number of aryl methyl sites for hydroxylation is 3. The highest BCUT2D eigenvalue weighted by molar-refractivity contribution is 7.17. The van der Waals surface area contributed by atoms with Crippen molar-refractivity contribution in [2.24, 2.45) is 0 Å². The van der Waals surface area contributed by atoms with Crippen molar-refractivity contribution in [3.8, 4) is 10.4 Å². The van der Waals surface area contributed by atoms with Crippen LogP contribution < -0.4 is 5.32 Å². The van der Waals surface area contributed by atoms with E-state index in [0.29, 0.717) is 4.88 Å². The normalized spacial score (nSPS) is 12.0. The molecule has 1 aliphatic carbocycles. The molecule has 0 saturated heterocycles. The van der Waals surface area contributed by atoms with E-state index in [1.807, 2.05) is 49.4 Å². The number of carbonyl (C=O) groups excluding carboxylic acids is 2. The Morgan fingerprint density at radius 2 is 1.78 bits per heavy atom. The van der Waals surface area contributed by atoms with Crippen LogP contribution in [0.5, 0.6) is 0 Å². The number of fused-ring (bicyclic) bond motifs is 3. The Kier molecular flexibility index (Phi) is 4.77. The number of rotatable bonds is 4. The van der Waals surface area contributed by atoms with Crippen molar-refractivity contribution >= 4 is 28.9 Å². The fraction of sp³-hybridized carbons (Fsp3) is 0.182. The van der Waals surface area contributed by atoms with Crippen molar-refractivity contribution in [3.05, 3.63) is 76.2 Å². The number of esters is 1. The van der Waals surface area contributed by atoms with Crippen molar-refractivity contribution in [2.45, 2.75) is 19.8 Å². The van der Waals surface area contributed by atoms with E-state index in [-0.39, 0.29) is 12.5 Å². The van der Waals surface area contributed by atoms with Gasteiger partial charge in [-0.05, 0) is 54.2 Å². The molecule has 1 amide bonds. The monoisotopic (exact) mass is 377 g/mol. The van der Waals surface area contributed by atoms with E-state index < -0.39 is 5.97 Å². The number of thiophene rings is 1. The van der Waals surface area contributed by atoms with Gasteiger partial charge in [0.05, 0.1) is 0 Å². The van der Waals surface area contributed by atoms with E-state index in [1.54, 1.807) is 0 Å². The Balaban J connectivity index is 1.42. The molecule has 1 aliphatic rings. The standard InChI is InChI=1S/C22H19NO3S/c1-14-6-2-5-9-18(14)23-20(24)13-26-22(25)19-12-16-11-10-15-7-3-4-8-17(15)21(16)27-19/h2-9,12H,10-11,13H2,1H3,(H,23,24). The minimum Gasteiger partial charge on any atom is -0.451 e. The molecule has 0 aliphatic heterocycles. The zero-order chi connectivity index (χ0) is 18.8. The molecule has 0 atom stereocenters. The van der Waals surface area contributed by atoms with Crippen LogP contribution in [0.15, 0.2) is 54.6 Å². The van der Waals surface area contributed by atoms with Gasteiger partial charge in [0.2, 0.25) is 0 Å². The van der Waals surface area contributed by atoms with Crippen molar-refractivity contribution in [2.75, 3.05) is 11.9 Å². The number of benzene rings is 2. The molecule has 0 spiro atoms. The molecule has 4 rings (SSSR count). The van der Waals surface area contributed by atoms with Crippen LogP contribution in [0.4, 0.5) is 5.69 Å². The summed E-state index contributed by atoms with van der Waals surface area (Å²) in [6.07, 6.45) is 1.90. The summed E-state index contributed by atoms with van der Waals surface area (Å²) in [7, 11) is 0. The Labute approximate surface area is 161 Å². The molecule has 0 saturated carbocycles. The molecule has 27 heavy (non-hydrogen) atoms. The summed E-state index contributed by atoms with van der Waals surface area (Å²) in [4.78, 5) is 26.2. The first-order valence-electron chi connectivity index (χ1n) is 8.85. The molecular weight excluding hydrogens is 358 g/mol. The molecule has 0 radical (unpaired) electrons. The summed E-state index contributed by atoms with van der Waals surface area (Å²) in [5.41, 5.74) is 5.36. The van der Waals surface area contributed by atoms with Gasteiger partial charge in [-0.1, -0.05) is 42.5 Å². The number of para-hydroxylation sites is 1. The van der Waals surface area contributed by atoms with E-state index >= 15 is 0 Å². The summed E-state index contributed by atoms with van der Waals surface area (Å²) in [6, 6.07) is 17.7. The first-order chi connectivity index (χ1) is 13.1. The number of amides is 1. The first kappa shape index (κ1) is 17.5. The summed E-state index contributed by atoms with van der Waals surface area (Å²) in [6.45, 7) is 1.61. The number of anilines is 1. The van der Waals surface area contributed by atoms with Gasteiger partial charge in [-0.2, -0.15) is 0 Å². The number of nitrogens with one attached hydrogen (secondary N) is 1. The van der Waals surface area contributed by atoms with Gasteiger partial charge in [0.1, 0.15) is 4.88 Å². The largest absolute Gasteiger partial charge is 0.451 e. The van der Waals surface area contributed by atoms with Crippen LogP contribution in [0.3, 0.4) is 0 Å². The predicted octanol–water partition coefficient (Wildman–Crippen LogP) is 4.62. The van der Waals surface area contributed by atoms with Crippen molar-refractivity contribution in [1.82, 2.24) is 0 Å². The van der Waals surface area contributed by atoms with E-state index in [9.17, 15) is 9.59 Å². The summed E-state index contributed by atoms with van der Waals surface area (Å²) < 4.78 is 5.23. The van der Waals surface area contributed by atoms with Crippen LogP contribution in [-0.4, -0.2) is 18.5 Å². The van der Waals surface area contributed by atoms with E-state index in [4.69, 9.17) is 4.74 Å². The molecule has 4 nitrogen and oxygen atoms in total. The number of carbonyl (C=O) groups is 2. The quantitative estimate of drug-likeness (QED) is 0.675. The second kappa shape index (κ2) is 7.37. The molecule has 5 heteroatoms. The lowest BCUT2D eigenvalue weighted by molar-refractivity contribution is -0.119. The van der Waals surface area contributed by atoms with Gasteiger partial charge >= 0.3 is 5.97 Å². The van der Waals surface area contributed by atoms with Crippen LogP contribution in [0.1, 0.15) is 26.4 Å². The first-order valence-corrected chi connectivity index (χ1v) is 9.67. The Hall–Kier alpha value is -2.92. The molecule has 1 N–H and O–H groups in total. The van der Waals surface area contributed by atoms with E-state index in [2.05, 4.69) is 17.4 Å². The lowest BCUT2D eigenvalue weighted by Gasteiger charge is -2.15. The second-order valence-corrected chi connectivity index (χ2v) is 7.61. The van der Waals surface area contributed by atoms with E-state index in [1.165, 1.54) is 28.0 Å². The molecular formula is C22H19NO3S. The summed E-state index contributed by atoms with van der Waals surface area (Å²) in [5, 5.41) is 2.77. The molecule has 0 bridgehead atoms. The second-order valence-electron chi connectivity index (χ2n) is 6.56. The van der Waals surface area contributed by atoms with Crippen LogP contribution >= 0.6 is 11.3 Å². The van der Waals surface area contributed by atoms with Crippen molar-refractivity contribution in [3.63, 3.8) is 0 Å². The third-order valence-corrected chi connectivity index (χ3v) is 5.88. The van der Waals surface area contributed by atoms with Gasteiger partial charge < -0.3 is 10.1 Å². The third kappa shape index (κ3) is 3.64. The highest BCUT2D eigenvalue weighted by atomic mass is 32.1. The summed E-state index contributed by atoms with van der Waals surface area (Å²) >= 11 is 1.44. The zero-order valence-electron chi connectivity index (χ0n) is 15.0. The fourth-order valence-electron chi connectivity index (χ4n) is 3.27. The Morgan fingerprint density at radius 1 is 1.04 bits per heavy atom. The van der Waals surface area contributed by atoms with Gasteiger partial charge in [0.25, 0.3) is 5.91 Å². The molecule has 1 aromatic heterocycles. The molecule has 1 heterocycles.